The molecule has 2 atom stereocenters. The average molecular weight is 290 g/mol. The Bertz CT molecular complexity index is 309. The first-order valence-electron chi connectivity index (χ1n) is 5.34. The van der Waals surface area contributed by atoms with E-state index in [1.54, 1.807) is 6.26 Å². The van der Waals surface area contributed by atoms with Gasteiger partial charge in [0, 0.05) is 11.8 Å². The molecule has 15 heavy (non-hydrogen) atoms. The molecule has 2 heterocycles. The third kappa shape index (κ3) is 3.02. The molecule has 0 aromatic carbocycles. The first-order chi connectivity index (χ1) is 7.27. The van der Waals surface area contributed by atoms with Crippen molar-refractivity contribution in [1.29, 1.82) is 0 Å². The maximum absolute atomic E-state index is 5.45. The van der Waals surface area contributed by atoms with Gasteiger partial charge in [-0.05, 0) is 47.5 Å². The quantitative estimate of drug-likeness (QED) is 0.921. The summed E-state index contributed by atoms with van der Waals surface area (Å²) in [5.74, 6) is 3.55. The molecule has 0 radical (unpaired) electrons. The number of hydrogen-bond donors (Lipinski definition) is 1. The highest BCUT2D eigenvalue weighted by molar-refractivity contribution is 9.10. The zero-order chi connectivity index (χ0) is 10.7. The van der Waals surface area contributed by atoms with Crippen molar-refractivity contribution < 1.29 is 4.42 Å². The second-order valence-corrected chi connectivity index (χ2v) is 5.94. The van der Waals surface area contributed by atoms with Crippen molar-refractivity contribution in [3.05, 3.63) is 22.6 Å². The Morgan fingerprint density at radius 3 is 3.13 bits per heavy atom. The minimum atomic E-state index is 0.290. The number of nitrogens with one attached hydrogen (secondary N) is 1. The number of rotatable bonds is 3. The van der Waals surface area contributed by atoms with Gasteiger partial charge in [-0.15, -0.1) is 0 Å². The zero-order valence-corrected chi connectivity index (χ0v) is 11.2. The van der Waals surface area contributed by atoms with E-state index in [-0.39, 0.29) is 6.04 Å². The van der Waals surface area contributed by atoms with E-state index in [1.165, 1.54) is 24.3 Å². The molecule has 1 aliphatic rings. The largest absolute Gasteiger partial charge is 0.466 e. The van der Waals surface area contributed by atoms with E-state index in [1.807, 2.05) is 17.8 Å². The highest BCUT2D eigenvalue weighted by Gasteiger charge is 2.19. The van der Waals surface area contributed by atoms with E-state index < -0.39 is 0 Å². The minimum absolute atomic E-state index is 0.290. The molecule has 1 N–H and O–H groups in total. The predicted octanol–water partition coefficient (Wildman–Crippen LogP) is 3.59. The van der Waals surface area contributed by atoms with E-state index in [2.05, 4.69) is 28.2 Å². The van der Waals surface area contributed by atoms with Gasteiger partial charge in [0.05, 0.1) is 16.8 Å². The molecule has 1 saturated heterocycles. The van der Waals surface area contributed by atoms with Crippen LogP contribution in [-0.2, 0) is 0 Å². The molecule has 2 unspecified atom stereocenters. The van der Waals surface area contributed by atoms with Gasteiger partial charge in [-0.2, -0.15) is 11.8 Å². The topological polar surface area (TPSA) is 25.2 Å². The summed E-state index contributed by atoms with van der Waals surface area (Å²) in [5.41, 5.74) is 0. The molecule has 1 aromatic rings. The fraction of sp³-hybridized carbons (Fsp3) is 0.636. The minimum Gasteiger partial charge on any atom is -0.466 e. The highest BCUT2D eigenvalue weighted by atomic mass is 79.9. The number of halogens is 1. The standard InChI is InChI=1S/C11H16BrNOS/c1-8(11-10(12)4-5-14-11)13-9-3-2-6-15-7-9/h4-5,8-9,13H,2-3,6-7H2,1H3. The fourth-order valence-electron chi connectivity index (χ4n) is 1.92. The van der Waals surface area contributed by atoms with Gasteiger partial charge in [0.15, 0.2) is 0 Å². The van der Waals surface area contributed by atoms with Crippen molar-refractivity contribution >= 4 is 27.7 Å². The molecule has 0 spiro atoms. The Labute approximate surface area is 103 Å². The molecular weight excluding hydrogens is 274 g/mol. The maximum Gasteiger partial charge on any atom is 0.134 e. The highest BCUT2D eigenvalue weighted by Crippen LogP contribution is 2.26. The van der Waals surface area contributed by atoms with Crippen LogP contribution in [0.4, 0.5) is 0 Å². The summed E-state index contributed by atoms with van der Waals surface area (Å²) in [5, 5.41) is 3.62. The van der Waals surface area contributed by atoms with Crippen molar-refractivity contribution in [2.45, 2.75) is 31.8 Å². The van der Waals surface area contributed by atoms with Crippen molar-refractivity contribution in [2.75, 3.05) is 11.5 Å². The van der Waals surface area contributed by atoms with Crippen LogP contribution >= 0.6 is 27.7 Å². The van der Waals surface area contributed by atoms with Crippen LogP contribution in [0, 0.1) is 0 Å². The first-order valence-corrected chi connectivity index (χ1v) is 7.29. The summed E-state index contributed by atoms with van der Waals surface area (Å²) in [6.45, 7) is 2.16. The lowest BCUT2D eigenvalue weighted by molar-refractivity contribution is 0.386. The van der Waals surface area contributed by atoms with Gasteiger partial charge >= 0.3 is 0 Å². The molecule has 1 aliphatic heterocycles. The smallest absolute Gasteiger partial charge is 0.134 e. The van der Waals surface area contributed by atoms with Gasteiger partial charge in [0.25, 0.3) is 0 Å². The molecule has 0 bridgehead atoms. The number of furan rings is 1. The molecule has 1 fully saturated rings. The second kappa shape index (κ2) is 5.41. The Balaban J connectivity index is 1.91. The van der Waals surface area contributed by atoms with Gasteiger partial charge < -0.3 is 9.73 Å². The summed E-state index contributed by atoms with van der Waals surface area (Å²) < 4.78 is 6.51. The van der Waals surface area contributed by atoms with Crippen LogP contribution < -0.4 is 5.32 Å². The number of thioether (sulfide) groups is 1. The lowest BCUT2D eigenvalue weighted by Crippen LogP contribution is -2.35. The first kappa shape index (κ1) is 11.6. The van der Waals surface area contributed by atoms with E-state index in [0.717, 1.165) is 10.2 Å². The monoisotopic (exact) mass is 289 g/mol. The van der Waals surface area contributed by atoms with Crippen LogP contribution in [0.2, 0.25) is 0 Å². The van der Waals surface area contributed by atoms with Crippen molar-refractivity contribution in [3.63, 3.8) is 0 Å². The molecule has 1 aromatic heterocycles. The molecule has 0 saturated carbocycles. The Kier molecular flexibility index (Phi) is 4.17. The molecule has 4 heteroatoms. The van der Waals surface area contributed by atoms with Crippen LogP contribution in [0.25, 0.3) is 0 Å². The summed E-state index contributed by atoms with van der Waals surface area (Å²) in [4.78, 5) is 0. The van der Waals surface area contributed by atoms with E-state index in [0.29, 0.717) is 6.04 Å². The molecule has 84 valence electrons. The molecule has 0 aliphatic carbocycles. The lowest BCUT2D eigenvalue weighted by atomic mass is 10.1. The second-order valence-electron chi connectivity index (χ2n) is 3.94. The molecule has 2 nitrogen and oxygen atoms in total. The predicted molar refractivity (Wildman–Crippen MR) is 68.3 cm³/mol. The lowest BCUT2D eigenvalue weighted by Gasteiger charge is -2.25. The summed E-state index contributed by atoms with van der Waals surface area (Å²) in [7, 11) is 0. The van der Waals surface area contributed by atoms with Gasteiger partial charge in [-0.3, -0.25) is 0 Å². The third-order valence-electron chi connectivity index (χ3n) is 2.68. The van der Waals surface area contributed by atoms with Crippen LogP contribution in [0.3, 0.4) is 0 Å². The van der Waals surface area contributed by atoms with Gasteiger partial charge in [-0.25, -0.2) is 0 Å². The van der Waals surface area contributed by atoms with E-state index in [4.69, 9.17) is 4.42 Å². The summed E-state index contributed by atoms with van der Waals surface area (Å²) in [6.07, 6.45) is 4.34. The summed E-state index contributed by atoms with van der Waals surface area (Å²) in [6, 6.07) is 2.87. The van der Waals surface area contributed by atoms with Crippen LogP contribution in [0.1, 0.15) is 31.6 Å². The van der Waals surface area contributed by atoms with E-state index in [9.17, 15) is 0 Å². The summed E-state index contributed by atoms with van der Waals surface area (Å²) >= 11 is 5.53. The van der Waals surface area contributed by atoms with Crippen LogP contribution in [0.5, 0.6) is 0 Å². The molecule has 0 amide bonds. The van der Waals surface area contributed by atoms with Crippen LogP contribution in [0.15, 0.2) is 21.2 Å². The molecular formula is C11H16BrNOS. The maximum atomic E-state index is 5.45. The molecule has 2 rings (SSSR count). The Hall–Kier alpha value is 0.0700. The van der Waals surface area contributed by atoms with Crippen molar-refractivity contribution in [1.82, 2.24) is 5.32 Å². The SMILES string of the molecule is CC(NC1CCCSC1)c1occc1Br. The average Bonchev–Trinajstić information content (AvgIpc) is 2.66. The van der Waals surface area contributed by atoms with Gasteiger partial charge in [-0.1, -0.05) is 0 Å². The van der Waals surface area contributed by atoms with Crippen LogP contribution in [-0.4, -0.2) is 17.5 Å². The van der Waals surface area contributed by atoms with Gasteiger partial charge in [0.1, 0.15) is 5.76 Å². The third-order valence-corrected chi connectivity index (χ3v) is 4.55. The zero-order valence-electron chi connectivity index (χ0n) is 8.83. The normalized spacial score (nSPS) is 24.0. The van der Waals surface area contributed by atoms with E-state index >= 15 is 0 Å². The Morgan fingerprint density at radius 1 is 1.67 bits per heavy atom. The fourth-order valence-corrected chi connectivity index (χ4v) is 3.55. The van der Waals surface area contributed by atoms with Crippen molar-refractivity contribution in [2.24, 2.45) is 0 Å². The van der Waals surface area contributed by atoms with Crippen molar-refractivity contribution in [3.8, 4) is 0 Å². The number of hydrogen-bond acceptors (Lipinski definition) is 3. The Morgan fingerprint density at radius 2 is 2.53 bits per heavy atom. The van der Waals surface area contributed by atoms with Gasteiger partial charge in [0.2, 0.25) is 0 Å².